The van der Waals surface area contributed by atoms with Crippen molar-refractivity contribution in [2.24, 2.45) is 7.05 Å². The quantitative estimate of drug-likeness (QED) is 0.0530. The molecule has 16 heteroatoms. The Morgan fingerprint density at radius 2 is 1.39 bits per heavy atom. The second-order valence-corrected chi connectivity index (χ2v) is 17.2. The third-order valence-corrected chi connectivity index (χ3v) is 11.8. The molecule has 15 nitrogen and oxygen atoms in total. The Balaban J connectivity index is 1.03. The molecule has 0 spiro atoms. The third kappa shape index (κ3) is 8.55. The van der Waals surface area contributed by atoms with E-state index in [0.29, 0.717) is 11.1 Å². The summed E-state index contributed by atoms with van der Waals surface area (Å²) < 4.78 is 2.93. The SMILES string of the molecule is Cn1cc(C(=O)C(=O)N2CCN(c3nc4cc(C(=O)Nc5nc(C(C)(C)C)cs5)ccn4c(=O)c3/C=C/C(=O)O)CC2)nc1NC(c1ccccc1)(c1ccccc1)c1ccccc1. The molecule has 324 valence electrons. The van der Waals surface area contributed by atoms with Crippen molar-refractivity contribution < 1.29 is 24.3 Å². The largest absolute Gasteiger partial charge is 0.478 e. The maximum absolute atomic E-state index is 13.9. The standard InChI is InChI=1S/C48H45N9O6S/c1-47(2,3)37-30-64-46(50-37)52-42(61)31-22-23-57-38(28-31)51-41(35(43(57)62)20-21-39(58)59)55-24-26-56(27-25-55)44(63)40(60)36-29-54(4)45(49-36)53-48(32-14-8-5-9-15-32,33-16-10-6-11-17-33)34-18-12-7-13-19-34/h5-23,28-30H,24-27H2,1-4H3,(H,49,53)(H,58,59)(H,50,52,61)/b21-20+. The smallest absolute Gasteiger partial charge is 0.328 e. The lowest BCUT2D eigenvalue weighted by atomic mass is 9.77. The Morgan fingerprint density at radius 3 is 1.94 bits per heavy atom. The van der Waals surface area contributed by atoms with Gasteiger partial charge in [0.2, 0.25) is 5.95 Å². The number of aryl methyl sites for hydroxylation is 1. The molecule has 0 atom stereocenters. The molecule has 7 aromatic rings. The number of carbonyl (C=O) groups is 4. The van der Waals surface area contributed by atoms with E-state index >= 15 is 0 Å². The fraction of sp³-hybridized carbons (Fsp3) is 0.208. The van der Waals surface area contributed by atoms with E-state index in [1.54, 1.807) is 16.5 Å². The lowest BCUT2D eigenvalue weighted by Crippen LogP contribution is -2.51. The summed E-state index contributed by atoms with van der Waals surface area (Å²) in [7, 11) is 1.76. The molecule has 2 amide bonds. The second kappa shape index (κ2) is 17.6. The molecule has 5 heterocycles. The molecular formula is C48H45N9O6S. The molecule has 64 heavy (non-hydrogen) atoms. The Labute approximate surface area is 372 Å². The predicted octanol–water partition coefficient (Wildman–Crippen LogP) is 6.47. The molecule has 8 rings (SSSR count). The van der Waals surface area contributed by atoms with Gasteiger partial charge in [-0.15, -0.1) is 11.3 Å². The van der Waals surface area contributed by atoms with E-state index in [1.807, 2.05) is 117 Å². The van der Waals surface area contributed by atoms with Gasteiger partial charge in [-0.1, -0.05) is 112 Å². The van der Waals surface area contributed by atoms with Gasteiger partial charge >= 0.3 is 5.97 Å². The summed E-state index contributed by atoms with van der Waals surface area (Å²) in [4.78, 5) is 83.7. The number of carbonyl (C=O) groups excluding carboxylic acids is 3. The highest BCUT2D eigenvalue weighted by atomic mass is 32.1. The average Bonchev–Trinajstić information content (AvgIpc) is 3.94. The van der Waals surface area contributed by atoms with Gasteiger partial charge in [0.15, 0.2) is 5.13 Å². The average molecular weight is 876 g/mol. The van der Waals surface area contributed by atoms with Crippen LogP contribution in [0.15, 0.2) is 132 Å². The number of benzene rings is 3. The van der Waals surface area contributed by atoms with Crippen molar-refractivity contribution in [3.63, 3.8) is 0 Å². The van der Waals surface area contributed by atoms with E-state index in [1.165, 1.54) is 51.2 Å². The molecular weight excluding hydrogens is 831 g/mol. The van der Waals surface area contributed by atoms with Crippen LogP contribution in [0.4, 0.5) is 16.9 Å². The van der Waals surface area contributed by atoms with Crippen molar-refractivity contribution in [2.45, 2.75) is 31.7 Å². The van der Waals surface area contributed by atoms with Crippen LogP contribution in [-0.2, 0) is 27.6 Å². The number of nitrogens with zero attached hydrogens (tertiary/aromatic N) is 7. The number of aromatic nitrogens is 5. The van der Waals surface area contributed by atoms with Gasteiger partial charge in [-0.2, -0.15) is 0 Å². The van der Waals surface area contributed by atoms with Crippen LogP contribution in [0, 0.1) is 0 Å². The number of hydrogen-bond acceptors (Lipinski definition) is 11. The highest BCUT2D eigenvalue weighted by Gasteiger charge is 2.38. The first-order chi connectivity index (χ1) is 30.7. The monoisotopic (exact) mass is 875 g/mol. The number of pyridine rings is 1. The molecule has 0 radical (unpaired) electrons. The van der Waals surface area contributed by atoms with Crippen molar-refractivity contribution in [2.75, 3.05) is 41.7 Å². The number of amides is 2. The number of thiazole rings is 1. The number of carboxylic acid groups (broad SMARTS) is 1. The van der Waals surface area contributed by atoms with Gasteiger partial charge in [0.1, 0.15) is 22.7 Å². The maximum Gasteiger partial charge on any atom is 0.328 e. The lowest BCUT2D eigenvalue weighted by molar-refractivity contribution is -0.131. The number of ketones is 1. The van der Waals surface area contributed by atoms with Crippen LogP contribution in [-0.4, -0.2) is 83.7 Å². The molecule has 4 aromatic heterocycles. The van der Waals surface area contributed by atoms with E-state index in [9.17, 15) is 29.1 Å². The zero-order valence-corrected chi connectivity index (χ0v) is 36.4. The number of fused-ring (bicyclic) bond motifs is 1. The lowest BCUT2D eigenvalue weighted by Gasteiger charge is -2.37. The van der Waals surface area contributed by atoms with Gasteiger partial charge in [-0.05, 0) is 34.9 Å². The Bertz CT molecular complexity index is 2870. The minimum Gasteiger partial charge on any atom is -0.478 e. The van der Waals surface area contributed by atoms with Gasteiger partial charge in [-0.3, -0.25) is 28.9 Å². The highest BCUT2D eigenvalue weighted by Crippen LogP contribution is 2.40. The number of Topliss-reactive ketones (excluding diaryl/α,β-unsaturated/α-hetero) is 1. The summed E-state index contributed by atoms with van der Waals surface area (Å²) in [5.41, 5.74) is 2.34. The molecule has 3 aromatic carbocycles. The number of rotatable bonds is 12. The molecule has 3 N–H and O–H groups in total. The third-order valence-electron chi connectivity index (χ3n) is 11.1. The fourth-order valence-corrected chi connectivity index (χ4v) is 8.61. The topological polar surface area (TPSA) is 184 Å². The van der Waals surface area contributed by atoms with Gasteiger partial charge in [0.25, 0.3) is 23.2 Å². The summed E-state index contributed by atoms with van der Waals surface area (Å²) in [6.07, 6.45) is 4.99. The summed E-state index contributed by atoms with van der Waals surface area (Å²) in [6.45, 7) is 6.60. The number of nitrogens with one attached hydrogen (secondary N) is 2. The Morgan fingerprint density at radius 1 is 0.797 bits per heavy atom. The van der Waals surface area contributed by atoms with Gasteiger partial charge in [0.05, 0.1) is 11.3 Å². The number of carboxylic acids is 1. The van der Waals surface area contributed by atoms with Gasteiger partial charge < -0.3 is 24.8 Å². The van der Waals surface area contributed by atoms with Crippen LogP contribution in [0.1, 0.15) is 69.6 Å². The first-order valence-electron chi connectivity index (χ1n) is 20.5. The Hall–Kier alpha value is -7.72. The van der Waals surface area contributed by atoms with Gasteiger partial charge in [0, 0.05) is 68.1 Å². The molecule has 0 aliphatic carbocycles. The fourth-order valence-electron chi connectivity index (χ4n) is 7.68. The van der Waals surface area contributed by atoms with Crippen molar-refractivity contribution in [3.05, 3.63) is 177 Å². The van der Waals surface area contributed by atoms with Crippen molar-refractivity contribution >= 4 is 63.5 Å². The molecule has 1 saturated heterocycles. The van der Waals surface area contributed by atoms with Crippen molar-refractivity contribution in [1.29, 1.82) is 0 Å². The van der Waals surface area contributed by atoms with E-state index in [2.05, 4.69) is 15.6 Å². The van der Waals surface area contributed by atoms with Crippen LogP contribution in [0.5, 0.6) is 0 Å². The molecule has 1 aliphatic rings. The zero-order valence-electron chi connectivity index (χ0n) is 35.6. The van der Waals surface area contributed by atoms with E-state index < -0.39 is 34.7 Å². The molecule has 1 aliphatic heterocycles. The van der Waals surface area contributed by atoms with E-state index in [4.69, 9.17) is 9.97 Å². The molecule has 1 fully saturated rings. The first kappa shape index (κ1) is 42.9. The minimum atomic E-state index is -1.26. The molecule has 0 bridgehead atoms. The summed E-state index contributed by atoms with van der Waals surface area (Å²) in [5, 5.41) is 18.2. The summed E-state index contributed by atoms with van der Waals surface area (Å²) in [6, 6.07) is 32.8. The first-order valence-corrected chi connectivity index (χ1v) is 21.4. The normalized spacial score (nSPS) is 13.3. The maximum atomic E-state index is 13.9. The van der Waals surface area contributed by atoms with Crippen LogP contribution < -0.4 is 21.1 Å². The Kier molecular flexibility index (Phi) is 11.8. The van der Waals surface area contributed by atoms with Crippen LogP contribution in [0.25, 0.3) is 11.7 Å². The van der Waals surface area contributed by atoms with E-state index in [0.717, 1.165) is 28.5 Å². The predicted molar refractivity (Wildman–Crippen MR) is 246 cm³/mol. The second-order valence-electron chi connectivity index (χ2n) is 16.4. The highest BCUT2D eigenvalue weighted by molar-refractivity contribution is 7.14. The van der Waals surface area contributed by atoms with E-state index in [-0.39, 0.29) is 59.9 Å². The van der Waals surface area contributed by atoms with Crippen LogP contribution >= 0.6 is 11.3 Å². The number of piperazine rings is 1. The van der Waals surface area contributed by atoms with Crippen LogP contribution in [0.2, 0.25) is 0 Å². The number of hydrogen-bond donors (Lipinski definition) is 3. The summed E-state index contributed by atoms with van der Waals surface area (Å²) in [5.74, 6) is -2.69. The molecule has 0 unspecified atom stereocenters. The van der Waals surface area contributed by atoms with Crippen LogP contribution in [0.3, 0.4) is 0 Å². The number of aliphatic carboxylic acids is 1. The van der Waals surface area contributed by atoms with Crippen molar-refractivity contribution in [3.8, 4) is 0 Å². The number of imidazole rings is 1. The summed E-state index contributed by atoms with van der Waals surface area (Å²) >= 11 is 1.31. The molecule has 0 saturated carbocycles. The van der Waals surface area contributed by atoms with Gasteiger partial charge in [-0.25, -0.2) is 19.7 Å². The zero-order chi connectivity index (χ0) is 45.2. The minimum absolute atomic E-state index is 0.0107. The number of anilines is 3. The van der Waals surface area contributed by atoms with Crippen molar-refractivity contribution in [1.82, 2.24) is 28.8 Å².